The van der Waals surface area contributed by atoms with Crippen LogP contribution in [-0.4, -0.2) is 36.1 Å². The summed E-state index contributed by atoms with van der Waals surface area (Å²) in [4.78, 5) is 18.6. The fourth-order valence-electron chi connectivity index (χ4n) is 2.49. The molecule has 7 nitrogen and oxygen atoms in total. The zero-order valence-electron chi connectivity index (χ0n) is 15.3. The molecule has 0 bridgehead atoms. The van der Waals surface area contributed by atoms with Crippen molar-refractivity contribution < 1.29 is 9.53 Å². The lowest BCUT2D eigenvalue weighted by Gasteiger charge is -2.11. The van der Waals surface area contributed by atoms with Gasteiger partial charge in [0, 0.05) is 26.0 Å². The first-order chi connectivity index (χ1) is 12.5. The Balaban J connectivity index is 2.01. The summed E-state index contributed by atoms with van der Waals surface area (Å²) >= 11 is 0. The van der Waals surface area contributed by atoms with Crippen molar-refractivity contribution in [1.82, 2.24) is 9.38 Å². The minimum atomic E-state index is -0.509. The van der Waals surface area contributed by atoms with E-state index in [2.05, 4.69) is 15.2 Å². The maximum Gasteiger partial charge on any atom is 0.360 e. The second-order valence-electron chi connectivity index (χ2n) is 6.05. The smallest absolute Gasteiger partial charge is 0.360 e. The summed E-state index contributed by atoms with van der Waals surface area (Å²) < 4.78 is 6.83. The number of benzene rings is 1. The second kappa shape index (κ2) is 7.35. The number of hydrogen-bond donors (Lipinski definition) is 0. The number of nitrogens with zero attached hydrogens (tertiary/aromatic N) is 5. The lowest BCUT2D eigenvalue weighted by molar-refractivity contribution is 0.0521. The van der Waals surface area contributed by atoms with Crippen LogP contribution in [0.5, 0.6) is 0 Å². The van der Waals surface area contributed by atoms with Crippen LogP contribution in [0, 0.1) is 6.92 Å². The van der Waals surface area contributed by atoms with E-state index in [4.69, 9.17) is 4.74 Å². The van der Waals surface area contributed by atoms with E-state index < -0.39 is 5.97 Å². The fourth-order valence-corrected chi connectivity index (χ4v) is 2.49. The Hall–Kier alpha value is -3.22. The number of carbonyl (C=O) groups excluding carboxylic acids is 1. The van der Waals surface area contributed by atoms with Crippen LogP contribution in [0.4, 0.5) is 17.2 Å². The van der Waals surface area contributed by atoms with Crippen LogP contribution < -0.4 is 4.90 Å². The van der Waals surface area contributed by atoms with Crippen molar-refractivity contribution in [2.24, 2.45) is 10.2 Å². The first kappa shape index (κ1) is 17.6. The summed E-state index contributed by atoms with van der Waals surface area (Å²) in [6.07, 6.45) is 1.82. The molecule has 1 aromatic carbocycles. The molecule has 26 heavy (non-hydrogen) atoms. The van der Waals surface area contributed by atoms with Crippen molar-refractivity contribution in [2.45, 2.75) is 13.8 Å². The number of aryl methyl sites for hydroxylation is 1. The van der Waals surface area contributed by atoms with Gasteiger partial charge in [-0.25, -0.2) is 9.78 Å². The maximum absolute atomic E-state index is 12.2. The van der Waals surface area contributed by atoms with Gasteiger partial charge in [0.15, 0.2) is 11.5 Å². The van der Waals surface area contributed by atoms with Gasteiger partial charge in [0.1, 0.15) is 5.65 Å². The highest BCUT2D eigenvalue weighted by molar-refractivity contribution is 5.93. The summed E-state index contributed by atoms with van der Waals surface area (Å²) in [5.41, 5.74) is 3.59. The molecule has 0 aliphatic carbocycles. The van der Waals surface area contributed by atoms with Gasteiger partial charge in [-0.3, -0.25) is 4.40 Å². The maximum atomic E-state index is 12.2. The molecule has 3 aromatic rings. The van der Waals surface area contributed by atoms with E-state index >= 15 is 0 Å². The number of carbonyl (C=O) groups is 1. The van der Waals surface area contributed by atoms with Crippen molar-refractivity contribution in [2.75, 3.05) is 25.6 Å². The molecule has 0 fully saturated rings. The molecule has 3 rings (SSSR count). The monoisotopic (exact) mass is 351 g/mol. The van der Waals surface area contributed by atoms with E-state index in [1.54, 1.807) is 11.3 Å². The summed E-state index contributed by atoms with van der Waals surface area (Å²) in [6, 6.07) is 11.5. The van der Waals surface area contributed by atoms with Gasteiger partial charge >= 0.3 is 5.97 Å². The Morgan fingerprint density at radius 3 is 2.58 bits per heavy atom. The predicted molar refractivity (Wildman–Crippen MR) is 101 cm³/mol. The number of aromatic nitrogens is 2. The standard InChI is InChI=1S/C19H21N5O2/c1-5-26-19(25)17-18(24-11-10-13(2)12-16(24)20-17)22-21-14-6-8-15(9-7-14)23(3)4/h6-12H,5H2,1-4H3. The third-order valence-corrected chi connectivity index (χ3v) is 3.85. The molecule has 0 spiro atoms. The molecule has 0 saturated carbocycles. The van der Waals surface area contributed by atoms with E-state index in [1.807, 2.05) is 68.5 Å². The van der Waals surface area contributed by atoms with Crippen LogP contribution in [0.3, 0.4) is 0 Å². The highest BCUT2D eigenvalue weighted by Crippen LogP contribution is 2.26. The third-order valence-electron chi connectivity index (χ3n) is 3.85. The van der Waals surface area contributed by atoms with Crippen molar-refractivity contribution in [3.05, 3.63) is 53.9 Å². The van der Waals surface area contributed by atoms with Crippen molar-refractivity contribution in [1.29, 1.82) is 0 Å². The van der Waals surface area contributed by atoms with Crippen molar-refractivity contribution >= 4 is 28.8 Å². The molecule has 0 atom stereocenters. The lowest BCUT2D eigenvalue weighted by Crippen LogP contribution is -2.07. The number of azo groups is 1. The van der Waals surface area contributed by atoms with Gasteiger partial charge in [-0.05, 0) is 55.8 Å². The van der Waals surface area contributed by atoms with Gasteiger partial charge in [-0.1, -0.05) is 0 Å². The number of rotatable bonds is 5. The van der Waals surface area contributed by atoms with Crippen molar-refractivity contribution in [3.63, 3.8) is 0 Å². The Morgan fingerprint density at radius 1 is 1.19 bits per heavy atom. The molecule has 0 aliphatic heterocycles. The Labute approximate surface area is 151 Å². The highest BCUT2D eigenvalue weighted by Gasteiger charge is 2.20. The summed E-state index contributed by atoms with van der Waals surface area (Å²) in [6.45, 7) is 3.99. The predicted octanol–water partition coefficient (Wildman–Crippen LogP) is 4.30. The van der Waals surface area contributed by atoms with Crippen molar-refractivity contribution in [3.8, 4) is 0 Å². The number of esters is 1. The Bertz CT molecular complexity index is 958. The van der Waals surface area contributed by atoms with E-state index in [-0.39, 0.29) is 12.3 Å². The van der Waals surface area contributed by atoms with Gasteiger partial charge in [-0.15, -0.1) is 10.2 Å². The van der Waals surface area contributed by atoms with Crippen LogP contribution in [0.25, 0.3) is 5.65 Å². The Morgan fingerprint density at radius 2 is 1.92 bits per heavy atom. The molecule has 0 saturated heterocycles. The minimum absolute atomic E-state index is 0.158. The number of imidazole rings is 1. The molecule has 0 aliphatic rings. The Kier molecular flexibility index (Phi) is 4.97. The molecule has 0 N–H and O–H groups in total. The molecule has 134 valence electrons. The highest BCUT2D eigenvalue weighted by atomic mass is 16.5. The SMILES string of the molecule is CCOC(=O)c1nc2cc(C)ccn2c1N=Nc1ccc(N(C)C)cc1. The van der Waals surface area contributed by atoms with Gasteiger partial charge in [0.2, 0.25) is 0 Å². The zero-order valence-corrected chi connectivity index (χ0v) is 15.3. The van der Waals surface area contributed by atoms with Crippen LogP contribution in [0.1, 0.15) is 23.0 Å². The van der Waals surface area contributed by atoms with Gasteiger partial charge in [-0.2, -0.15) is 0 Å². The molecule has 2 aromatic heterocycles. The number of ether oxygens (including phenoxy) is 1. The molecule has 0 amide bonds. The lowest BCUT2D eigenvalue weighted by atomic mass is 10.3. The quantitative estimate of drug-likeness (QED) is 0.507. The van der Waals surface area contributed by atoms with Crippen LogP contribution in [0.15, 0.2) is 52.8 Å². The average Bonchev–Trinajstić information content (AvgIpc) is 2.98. The van der Waals surface area contributed by atoms with Gasteiger partial charge in [0.05, 0.1) is 12.3 Å². The second-order valence-corrected chi connectivity index (χ2v) is 6.05. The van der Waals surface area contributed by atoms with Crippen LogP contribution >= 0.6 is 0 Å². The largest absolute Gasteiger partial charge is 0.461 e. The van der Waals surface area contributed by atoms with E-state index in [1.165, 1.54) is 0 Å². The average molecular weight is 351 g/mol. The molecular formula is C19H21N5O2. The molecule has 0 radical (unpaired) electrons. The first-order valence-corrected chi connectivity index (χ1v) is 8.34. The van der Waals surface area contributed by atoms with Crippen LogP contribution in [-0.2, 0) is 4.74 Å². The van der Waals surface area contributed by atoms with E-state index in [0.717, 1.165) is 11.3 Å². The van der Waals surface area contributed by atoms with Gasteiger partial charge in [0.25, 0.3) is 0 Å². The number of hydrogen-bond acceptors (Lipinski definition) is 6. The summed E-state index contributed by atoms with van der Waals surface area (Å²) in [5, 5.41) is 8.55. The number of pyridine rings is 1. The zero-order chi connectivity index (χ0) is 18.7. The summed E-state index contributed by atoms with van der Waals surface area (Å²) in [7, 11) is 3.95. The third kappa shape index (κ3) is 3.56. The number of fused-ring (bicyclic) bond motifs is 1. The van der Waals surface area contributed by atoms with E-state index in [0.29, 0.717) is 17.2 Å². The van der Waals surface area contributed by atoms with Crippen LogP contribution in [0.2, 0.25) is 0 Å². The topological polar surface area (TPSA) is 71.6 Å². The number of anilines is 1. The first-order valence-electron chi connectivity index (χ1n) is 8.34. The fraction of sp³-hybridized carbons (Fsp3) is 0.263. The molecule has 2 heterocycles. The molecule has 7 heteroatoms. The van der Waals surface area contributed by atoms with E-state index in [9.17, 15) is 4.79 Å². The normalized spacial score (nSPS) is 11.2. The summed E-state index contributed by atoms with van der Waals surface area (Å²) in [5.74, 6) is -0.152. The minimum Gasteiger partial charge on any atom is -0.461 e. The molecule has 0 unspecified atom stereocenters. The molecular weight excluding hydrogens is 330 g/mol. The van der Waals surface area contributed by atoms with Gasteiger partial charge < -0.3 is 9.64 Å².